The Bertz CT molecular complexity index is 374. The number of carbonyl (C=O) groups is 1. The molecule has 0 aliphatic carbocycles. The topological polar surface area (TPSA) is 55.1 Å². The van der Waals surface area contributed by atoms with E-state index in [1.165, 1.54) is 0 Å². The molecule has 1 N–H and O–H groups in total. The van der Waals surface area contributed by atoms with Crippen molar-refractivity contribution in [3.05, 3.63) is 17.5 Å². The molecular formula is C12H20N2O2. The van der Waals surface area contributed by atoms with Crippen molar-refractivity contribution in [2.45, 2.75) is 52.5 Å². The minimum atomic E-state index is -0.978. The summed E-state index contributed by atoms with van der Waals surface area (Å²) in [7, 11) is 0. The lowest BCUT2D eigenvalue weighted by molar-refractivity contribution is 0.0688. The first kappa shape index (κ1) is 12.7. The lowest BCUT2D eigenvalue weighted by atomic mass is 9.90. The van der Waals surface area contributed by atoms with Gasteiger partial charge in [-0.15, -0.1) is 0 Å². The largest absolute Gasteiger partial charge is 0.476 e. The van der Waals surface area contributed by atoms with Crippen LogP contribution in [0.2, 0.25) is 0 Å². The van der Waals surface area contributed by atoms with Gasteiger partial charge in [-0.3, -0.25) is 4.68 Å². The van der Waals surface area contributed by atoms with Crippen LogP contribution in [0.1, 0.15) is 57.7 Å². The van der Waals surface area contributed by atoms with Crippen LogP contribution in [-0.2, 0) is 11.0 Å². The average Bonchev–Trinajstić information content (AvgIpc) is 2.44. The van der Waals surface area contributed by atoms with E-state index >= 15 is 0 Å². The van der Waals surface area contributed by atoms with Gasteiger partial charge in [0.05, 0.1) is 5.54 Å². The molecule has 90 valence electrons. The highest BCUT2D eigenvalue weighted by Gasteiger charge is 2.28. The number of aromatic carboxylic acids is 1. The summed E-state index contributed by atoms with van der Waals surface area (Å²) in [4.78, 5) is 10.9. The first-order chi connectivity index (χ1) is 7.03. The molecule has 0 saturated carbocycles. The maximum atomic E-state index is 10.9. The van der Waals surface area contributed by atoms with Crippen LogP contribution in [0.5, 0.6) is 0 Å². The Labute approximate surface area is 96.3 Å². The first-order valence-corrected chi connectivity index (χ1v) is 5.38. The van der Waals surface area contributed by atoms with Crippen molar-refractivity contribution in [3.63, 3.8) is 0 Å². The third kappa shape index (κ3) is 2.43. The number of hydrogen-bond donors (Lipinski definition) is 1. The summed E-state index contributed by atoms with van der Waals surface area (Å²) in [5.41, 5.74) is 0.724. The molecule has 0 amide bonds. The molecule has 1 aromatic heterocycles. The number of rotatable bonds is 1. The SMILES string of the molecule is CC(C)(C)c1cc(C(=O)O)nn1C(C)(C)C. The van der Waals surface area contributed by atoms with Crippen molar-refractivity contribution in [2.24, 2.45) is 0 Å². The zero-order valence-corrected chi connectivity index (χ0v) is 10.8. The zero-order chi connectivity index (χ0) is 12.7. The van der Waals surface area contributed by atoms with E-state index < -0.39 is 5.97 Å². The van der Waals surface area contributed by atoms with E-state index in [4.69, 9.17) is 5.11 Å². The minimum absolute atomic E-state index is 0.111. The summed E-state index contributed by atoms with van der Waals surface area (Å²) in [6.07, 6.45) is 0. The highest BCUT2D eigenvalue weighted by molar-refractivity contribution is 5.85. The number of nitrogens with zero attached hydrogens (tertiary/aromatic N) is 2. The van der Waals surface area contributed by atoms with Crippen LogP contribution in [0.25, 0.3) is 0 Å². The second-order valence-electron chi connectivity index (χ2n) is 6.05. The minimum Gasteiger partial charge on any atom is -0.476 e. The zero-order valence-electron chi connectivity index (χ0n) is 10.8. The molecule has 4 heteroatoms. The molecule has 0 unspecified atom stereocenters. The van der Waals surface area contributed by atoms with E-state index in [2.05, 4.69) is 25.9 Å². The van der Waals surface area contributed by atoms with Gasteiger partial charge in [0.1, 0.15) is 0 Å². The predicted octanol–water partition coefficient (Wildman–Crippen LogP) is 2.63. The number of carboxylic acids is 1. The van der Waals surface area contributed by atoms with Crippen molar-refractivity contribution in [1.29, 1.82) is 0 Å². The van der Waals surface area contributed by atoms with Crippen LogP contribution in [0, 0.1) is 0 Å². The normalized spacial score (nSPS) is 12.9. The van der Waals surface area contributed by atoms with Gasteiger partial charge < -0.3 is 5.11 Å². The van der Waals surface area contributed by atoms with E-state index in [0.717, 1.165) is 5.69 Å². The first-order valence-electron chi connectivity index (χ1n) is 5.38. The van der Waals surface area contributed by atoms with E-state index in [1.807, 2.05) is 20.8 Å². The highest BCUT2D eigenvalue weighted by Crippen LogP contribution is 2.27. The molecule has 0 radical (unpaired) electrons. The van der Waals surface area contributed by atoms with Gasteiger partial charge in [0.2, 0.25) is 0 Å². The van der Waals surface area contributed by atoms with Gasteiger partial charge in [0.15, 0.2) is 5.69 Å². The number of hydrogen-bond acceptors (Lipinski definition) is 2. The summed E-state index contributed by atoms with van der Waals surface area (Å²) < 4.78 is 1.80. The van der Waals surface area contributed by atoms with Crippen LogP contribution in [0.3, 0.4) is 0 Å². The Kier molecular flexibility index (Phi) is 2.88. The van der Waals surface area contributed by atoms with Crippen LogP contribution in [0.15, 0.2) is 6.07 Å². The monoisotopic (exact) mass is 224 g/mol. The highest BCUT2D eigenvalue weighted by atomic mass is 16.4. The molecule has 1 rings (SSSR count). The quantitative estimate of drug-likeness (QED) is 0.797. The molecule has 4 nitrogen and oxygen atoms in total. The van der Waals surface area contributed by atoms with Gasteiger partial charge in [-0.25, -0.2) is 4.79 Å². The van der Waals surface area contributed by atoms with Crippen molar-refractivity contribution < 1.29 is 9.90 Å². The van der Waals surface area contributed by atoms with Gasteiger partial charge in [-0.1, -0.05) is 20.8 Å². The molecule has 0 aliphatic heterocycles. The Balaban J connectivity index is 3.41. The van der Waals surface area contributed by atoms with Gasteiger partial charge in [0.25, 0.3) is 0 Å². The van der Waals surface area contributed by atoms with Crippen LogP contribution >= 0.6 is 0 Å². The molecule has 0 aliphatic rings. The van der Waals surface area contributed by atoms with Gasteiger partial charge in [-0.05, 0) is 26.8 Å². The molecule has 16 heavy (non-hydrogen) atoms. The molecule has 0 saturated heterocycles. The molecule has 0 atom stereocenters. The van der Waals surface area contributed by atoms with E-state index in [9.17, 15) is 4.79 Å². The number of aromatic nitrogens is 2. The molecule has 1 heterocycles. The molecule has 1 aromatic rings. The lowest BCUT2D eigenvalue weighted by Gasteiger charge is -2.28. The summed E-state index contributed by atoms with van der Waals surface area (Å²) in [6.45, 7) is 12.2. The fraction of sp³-hybridized carbons (Fsp3) is 0.667. The van der Waals surface area contributed by atoms with E-state index in [1.54, 1.807) is 10.7 Å². The standard InChI is InChI=1S/C12H20N2O2/c1-11(2,3)9-7-8(10(15)16)13-14(9)12(4,5)6/h7H,1-6H3,(H,15,16). The smallest absolute Gasteiger partial charge is 0.356 e. The molecule has 0 spiro atoms. The predicted molar refractivity (Wildman–Crippen MR) is 62.9 cm³/mol. The summed E-state index contributed by atoms with van der Waals surface area (Å²) in [6, 6.07) is 1.66. The lowest BCUT2D eigenvalue weighted by Crippen LogP contribution is -2.30. The van der Waals surface area contributed by atoms with Gasteiger partial charge >= 0.3 is 5.97 Å². The maximum absolute atomic E-state index is 10.9. The Morgan fingerprint density at radius 1 is 1.25 bits per heavy atom. The summed E-state index contributed by atoms with van der Waals surface area (Å²) in [5, 5.41) is 13.1. The van der Waals surface area contributed by atoms with E-state index in [-0.39, 0.29) is 16.6 Å². The van der Waals surface area contributed by atoms with Crippen molar-refractivity contribution in [2.75, 3.05) is 0 Å². The molecule has 0 fully saturated rings. The van der Waals surface area contributed by atoms with Crippen LogP contribution in [-0.4, -0.2) is 20.9 Å². The third-order valence-electron chi connectivity index (χ3n) is 2.33. The summed E-state index contributed by atoms with van der Waals surface area (Å²) >= 11 is 0. The number of carboxylic acid groups (broad SMARTS) is 1. The second-order valence-corrected chi connectivity index (χ2v) is 6.05. The van der Waals surface area contributed by atoms with Crippen LogP contribution < -0.4 is 0 Å². The molecule has 0 aromatic carbocycles. The van der Waals surface area contributed by atoms with Crippen molar-refractivity contribution in [3.8, 4) is 0 Å². The Morgan fingerprint density at radius 2 is 1.75 bits per heavy atom. The Hall–Kier alpha value is -1.32. The van der Waals surface area contributed by atoms with Gasteiger partial charge in [0, 0.05) is 11.1 Å². The third-order valence-corrected chi connectivity index (χ3v) is 2.33. The molecule has 0 bridgehead atoms. The van der Waals surface area contributed by atoms with Gasteiger partial charge in [-0.2, -0.15) is 5.10 Å². The van der Waals surface area contributed by atoms with Crippen molar-refractivity contribution >= 4 is 5.97 Å². The summed E-state index contributed by atoms with van der Waals surface area (Å²) in [5.74, 6) is -0.978. The average molecular weight is 224 g/mol. The molecular weight excluding hydrogens is 204 g/mol. The van der Waals surface area contributed by atoms with E-state index in [0.29, 0.717) is 0 Å². The fourth-order valence-electron chi connectivity index (χ4n) is 1.53. The maximum Gasteiger partial charge on any atom is 0.356 e. The Morgan fingerprint density at radius 3 is 2.00 bits per heavy atom. The van der Waals surface area contributed by atoms with Crippen molar-refractivity contribution in [1.82, 2.24) is 9.78 Å². The fourth-order valence-corrected chi connectivity index (χ4v) is 1.53. The second kappa shape index (κ2) is 3.61. The van der Waals surface area contributed by atoms with Crippen LogP contribution in [0.4, 0.5) is 0 Å².